The van der Waals surface area contributed by atoms with Gasteiger partial charge >= 0.3 is 5.97 Å². The number of Topliss-reactive ketones (excluding diaryl/α,β-unsaturated/α-hetero) is 4. The summed E-state index contributed by atoms with van der Waals surface area (Å²) in [4.78, 5) is 66.5. The fourth-order valence-corrected chi connectivity index (χ4v) is 15.7. The summed E-state index contributed by atoms with van der Waals surface area (Å²) in [5.41, 5.74) is -0.821. The second kappa shape index (κ2) is 11.8. The Morgan fingerprint density at radius 3 is 2.08 bits per heavy atom. The number of esters is 1. The number of rotatable bonds is 5. The van der Waals surface area contributed by atoms with Crippen molar-refractivity contribution >= 4 is 29.1 Å². The Bertz CT molecular complexity index is 1480. The van der Waals surface area contributed by atoms with Gasteiger partial charge in [-0.15, -0.1) is 0 Å². The van der Waals surface area contributed by atoms with Gasteiger partial charge in [-0.05, 0) is 142 Å². The van der Waals surface area contributed by atoms with Crippen molar-refractivity contribution in [3.8, 4) is 0 Å². The largest absolute Gasteiger partial charge is 0.459 e. The van der Waals surface area contributed by atoms with Gasteiger partial charge in [0, 0.05) is 61.7 Å². The van der Waals surface area contributed by atoms with Gasteiger partial charge in [0.05, 0.1) is 0 Å². The van der Waals surface area contributed by atoms with Crippen molar-refractivity contribution in [1.29, 1.82) is 0 Å². The number of hydrogen-bond acceptors (Lipinski definition) is 6. The summed E-state index contributed by atoms with van der Waals surface area (Å²) < 4.78 is 6.60. The molecule has 0 aromatic carbocycles. The molecule has 8 aliphatic rings. The molecule has 0 N–H and O–H groups in total. The van der Waals surface area contributed by atoms with E-state index in [1.165, 1.54) is 19.3 Å². The van der Waals surface area contributed by atoms with Crippen LogP contribution >= 0.6 is 0 Å². The van der Waals surface area contributed by atoms with Gasteiger partial charge in [0.15, 0.2) is 0 Å². The highest BCUT2D eigenvalue weighted by molar-refractivity contribution is 5.93. The SMILES string of the molecule is CC(CCC(=O)O[C@]1(C)CC[C@@H]2[C@H]3CC[C@@H]4CC(=O)CC[C@@]4(C)[C@@H]3CC[C@]21C)C1CC[C@H]2[C@@H]3C(=O)C[C@@H]4CC(=O)CC[C@]4(C)[C@H]3CC(=O)[C@]12C. The predicted molar refractivity (Wildman–Crippen MR) is 191 cm³/mol. The molecule has 8 saturated carbocycles. The van der Waals surface area contributed by atoms with Crippen LogP contribution in [0.25, 0.3) is 0 Å². The zero-order valence-corrected chi connectivity index (χ0v) is 32.0. The lowest BCUT2D eigenvalue weighted by Gasteiger charge is -2.61. The molecule has 0 aromatic rings. The van der Waals surface area contributed by atoms with E-state index in [0.29, 0.717) is 79.5 Å². The predicted octanol–water partition coefficient (Wildman–Crippen LogP) is 8.90. The smallest absolute Gasteiger partial charge is 0.306 e. The first kappa shape index (κ1) is 35.2. The molecule has 0 aliphatic heterocycles. The first-order valence-electron chi connectivity index (χ1n) is 20.9. The lowest BCUT2D eigenvalue weighted by Crippen LogP contribution is -2.60. The fraction of sp³-hybridized carbons (Fsp3) is 0.886. The fourth-order valence-electron chi connectivity index (χ4n) is 15.7. The highest BCUT2D eigenvalue weighted by atomic mass is 16.6. The Hall–Kier alpha value is -1.85. The van der Waals surface area contributed by atoms with E-state index in [9.17, 15) is 24.0 Å². The number of carbonyl (C=O) groups excluding carboxylic acids is 5. The molecule has 0 bridgehead atoms. The molecule has 276 valence electrons. The van der Waals surface area contributed by atoms with Crippen LogP contribution in [0.2, 0.25) is 0 Å². The third-order valence-corrected chi connectivity index (χ3v) is 19.1. The molecule has 0 amide bonds. The van der Waals surface area contributed by atoms with Gasteiger partial charge in [-0.2, -0.15) is 0 Å². The zero-order valence-electron chi connectivity index (χ0n) is 32.0. The van der Waals surface area contributed by atoms with E-state index in [1.54, 1.807) is 0 Å². The molecule has 0 saturated heterocycles. The topological polar surface area (TPSA) is 94.6 Å². The molecule has 50 heavy (non-hydrogen) atoms. The van der Waals surface area contributed by atoms with E-state index in [4.69, 9.17) is 4.74 Å². The first-order chi connectivity index (χ1) is 23.5. The lowest BCUT2D eigenvalue weighted by molar-refractivity contribution is -0.185. The molecular formula is C44H64O6. The van der Waals surface area contributed by atoms with Gasteiger partial charge in [-0.3, -0.25) is 24.0 Å². The summed E-state index contributed by atoms with van der Waals surface area (Å²) in [5.74, 6) is 4.26. The van der Waals surface area contributed by atoms with Gasteiger partial charge in [0.25, 0.3) is 0 Å². The standard InChI is InChI=1S/C44H64O6/c1-25(31-10-11-34-39-35(24-37(48)44(31,34)6)41(3)18-14-29(46)22-27(41)23-36(39)47)7-12-38(49)50-43(5)20-16-33-30-9-8-26-21-28(45)13-17-40(26,2)32(30)15-19-42(33,43)4/h25-27,30-35,39H,7-24H2,1-6H3/t25?,26-,27+,30+,31?,32-,33-,34+,35+,39+,40-,41+,42-,43-,44-/m1/s1. The van der Waals surface area contributed by atoms with Crippen LogP contribution in [-0.4, -0.2) is 34.7 Å². The van der Waals surface area contributed by atoms with Gasteiger partial charge in [-0.1, -0.05) is 34.6 Å². The Kier molecular flexibility index (Phi) is 8.32. The highest BCUT2D eigenvalue weighted by Gasteiger charge is 2.67. The van der Waals surface area contributed by atoms with Gasteiger partial charge in [0.2, 0.25) is 0 Å². The molecule has 8 rings (SSSR count). The molecule has 0 spiro atoms. The summed E-state index contributed by atoms with van der Waals surface area (Å²) in [6, 6.07) is 0. The molecule has 0 aromatic heterocycles. The van der Waals surface area contributed by atoms with Gasteiger partial charge in [0.1, 0.15) is 28.7 Å². The van der Waals surface area contributed by atoms with E-state index in [0.717, 1.165) is 57.8 Å². The molecular weight excluding hydrogens is 624 g/mol. The minimum Gasteiger partial charge on any atom is -0.459 e. The summed E-state index contributed by atoms with van der Waals surface area (Å²) >= 11 is 0. The molecule has 6 nitrogen and oxygen atoms in total. The Balaban J connectivity index is 0.914. The summed E-state index contributed by atoms with van der Waals surface area (Å²) in [6.07, 6.45) is 15.1. The Labute approximate surface area is 300 Å². The van der Waals surface area contributed by atoms with Crippen molar-refractivity contribution in [3.63, 3.8) is 0 Å². The summed E-state index contributed by atoms with van der Waals surface area (Å²) in [5, 5.41) is 0. The molecule has 8 fully saturated rings. The van der Waals surface area contributed by atoms with E-state index in [2.05, 4.69) is 41.5 Å². The van der Waals surface area contributed by atoms with Gasteiger partial charge < -0.3 is 4.74 Å². The van der Waals surface area contributed by atoms with Crippen LogP contribution in [0.5, 0.6) is 0 Å². The second-order valence-corrected chi connectivity index (χ2v) is 20.6. The normalized spacial score (nSPS) is 51.8. The Morgan fingerprint density at radius 2 is 1.36 bits per heavy atom. The maximum Gasteiger partial charge on any atom is 0.306 e. The summed E-state index contributed by atoms with van der Waals surface area (Å²) in [6.45, 7) is 13.8. The van der Waals surface area contributed by atoms with Crippen LogP contribution in [0.3, 0.4) is 0 Å². The third kappa shape index (κ3) is 4.86. The molecule has 2 unspecified atom stereocenters. The van der Waals surface area contributed by atoms with Crippen LogP contribution < -0.4 is 0 Å². The Morgan fingerprint density at radius 1 is 0.700 bits per heavy atom. The van der Waals surface area contributed by atoms with Crippen LogP contribution in [-0.2, 0) is 28.7 Å². The van der Waals surface area contributed by atoms with E-state index < -0.39 is 11.0 Å². The van der Waals surface area contributed by atoms with Crippen molar-refractivity contribution in [3.05, 3.63) is 0 Å². The van der Waals surface area contributed by atoms with Crippen LogP contribution in [0, 0.1) is 80.8 Å². The minimum absolute atomic E-state index is 0.0197. The van der Waals surface area contributed by atoms with Crippen molar-refractivity contribution in [2.45, 2.75) is 163 Å². The first-order valence-corrected chi connectivity index (χ1v) is 20.9. The maximum absolute atomic E-state index is 14.3. The number of ketones is 4. The lowest BCUT2D eigenvalue weighted by atomic mass is 9.44. The van der Waals surface area contributed by atoms with Crippen molar-refractivity contribution < 1.29 is 28.7 Å². The van der Waals surface area contributed by atoms with Crippen LogP contribution in [0.15, 0.2) is 0 Å². The average molecular weight is 689 g/mol. The van der Waals surface area contributed by atoms with Crippen molar-refractivity contribution in [2.75, 3.05) is 0 Å². The van der Waals surface area contributed by atoms with Crippen LogP contribution in [0.4, 0.5) is 0 Å². The van der Waals surface area contributed by atoms with Crippen molar-refractivity contribution in [2.24, 2.45) is 80.8 Å². The minimum atomic E-state index is -0.522. The molecule has 6 heteroatoms. The van der Waals surface area contributed by atoms with E-state index in [-0.39, 0.29) is 63.5 Å². The number of fused-ring (bicyclic) bond motifs is 10. The molecule has 0 radical (unpaired) electrons. The van der Waals surface area contributed by atoms with Crippen LogP contribution in [0.1, 0.15) is 157 Å². The molecule has 8 aliphatic carbocycles. The van der Waals surface area contributed by atoms with E-state index >= 15 is 0 Å². The number of hydrogen-bond donors (Lipinski definition) is 0. The van der Waals surface area contributed by atoms with E-state index in [1.807, 2.05) is 0 Å². The molecule has 0 heterocycles. The number of carbonyl (C=O) groups is 5. The monoisotopic (exact) mass is 688 g/mol. The second-order valence-electron chi connectivity index (χ2n) is 20.6. The zero-order chi connectivity index (χ0) is 35.6. The maximum atomic E-state index is 14.3. The van der Waals surface area contributed by atoms with Crippen molar-refractivity contribution in [1.82, 2.24) is 0 Å². The third-order valence-electron chi connectivity index (χ3n) is 19.1. The highest BCUT2D eigenvalue weighted by Crippen LogP contribution is 2.69. The quantitative estimate of drug-likeness (QED) is 0.268. The van der Waals surface area contributed by atoms with Gasteiger partial charge in [-0.25, -0.2) is 0 Å². The molecule has 15 atom stereocenters. The average Bonchev–Trinajstić information content (AvgIpc) is 3.55. The summed E-state index contributed by atoms with van der Waals surface area (Å²) in [7, 11) is 0. The number of ether oxygens (including phenoxy) is 1.